The summed E-state index contributed by atoms with van der Waals surface area (Å²) < 4.78 is 32.1. The molecule has 0 aliphatic carbocycles. The smallest absolute Gasteiger partial charge is 0.314 e. The van der Waals surface area contributed by atoms with Crippen LogP contribution < -0.4 is 10.6 Å². The quantitative estimate of drug-likeness (QED) is 0.461. The van der Waals surface area contributed by atoms with Crippen molar-refractivity contribution in [2.45, 2.75) is 25.0 Å². The summed E-state index contributed by atoms with van der Waals surface area (Å²) in [5.74, 6) is -0.771. The minimum Gasteiger partial charge on any atom is -0.314 e. The summed E-state index contributed by atoms with van der Waals surface area (Å²) in [5, 5.41) is 6.10. The molecule has 3 aliphatic rings. The molecule has 11 heteroatoms. The van der Waals surface area contributed by atoms with Gasteiger partial charge in [0.2, 0.25) is 0 Å². The number of piperazine rings is 1. The van der Waals surface area contributed by atoms with Crippen LogP contribution in [0.5, 0.6) is 0 Å². The lowest BCUT2D eigenvalue weighted by molar-refractivity contribution is -0.143. The Hall–Kier alpha value is -2.21. The molecule has 10 nitrogen and oxygen atoms in total. The van der Waals surface area contributed by atoms with E-state index in [0.29, 0.717) is 16.4 Å². The zero-order valence-electron chi connectivity index (χ0n) is 15.2. The van der Waals surface area contributed by atoms with Crippen LogP contribution in [0.4, 0.5) is 10.5 Å². The molecule has 3 heterocycles. The van der Waals surface area contributed by atoms with Gasteiger partial charge in [0, 0.05) is 45.0 Å². The molecule has 3 amide bonds. The second-order valence-corrected chi connectivity index (χ2v) is 8.55. The summed E-state index contributed by atoms with van der Waals surface area (Å²) in [7, 11) is -4.58. The van der Waals surface area contributed by atoms with Gasteiger partial charge in [-0.1, -0.05) is 12.1 Å². The van der Waals surface area contributed by atoms with Crippen LogP contribution in [-0.4, -0.2) is 83.8 Å². The maximum absolute atomic E-state index is 12.6. The number of β-lactam (4-membered cyclic amide) rings is 1. The first-order valence-electron chi connectivity index (χ1n) is 9.25. The molecule has 2 atom stereocenters. The van der Waals surface area contributed by atoms with E-state index >= 15 is 0 Å². The predicted molar refractivity (Wildman–Crippen MR) is 101 cm³/mol. The number of nitrogens with zero attached hydrogens (tertiary/aromatic N) is 3. The Bertz CT molecular complexity index is 886. The molecule has 0 unspecified atom stereocenters. The van der Waals surface area contributed by atoms with Crippen molar-refractivity contribution in [3.63, 3.8) is 0 Å². The number of carbonyl (C=O) groups excluding carboxylic acids is 2. The van der Waals surface area contributed by atoms with Gasteiger partial charge in [-0.05, 0) is 24.1 Å². The van der Waals surface area contributed by atoms with Crippen LogP contribution in [0.3, 0.4) is 0 Å². The van der Waals surface area contributed by atoms with Gasteiger partial charge < -0.3 is 15.5 Å². The molecule has 1 aromatic carbocycles. The Kier molecular flexibility index (Phi) is 5.00. The van der Waals surface area contributed by atoms with E-state index in [2.05, 4.69) is 15.5 Å². The zero-order chi connectivity index (χ0) is 19.9. The fourth-order valence-corrected chi connectivity index (χ4v) is 5.01. The number of hydrogen-bond donors (Lipinski definition) is 3. The van der Waals surface area contributed by atoms with Gasteiger partial charge in [-0.25, -0.2) is 9.10 Å². The topological polar surface area (TPSA) is 122 Å². The maximum atomic E-state index is 12.6. The first-order chi connectivity index (χ1) is 13.3. The number of fused-ring (bicyclic) bond motifs is 1. The van der Waals surface area contributed by atoms with Gasteiger partial charge in [0.05, 0.1) is 6.04 Å². The first-order valence-corrected chi connectivity index (χ1v) is 10.6. The lowest BCUT2D eigenvalue weighted by Crippen LogP contribution is -2.68. The Balaban J connectivity index is 1.39. The summed E-state index contributed by atoms with van der Waals surface area (Å²) in [5.41, 5.74) is 1.70. The third-order valence-corrected chi connectivity index (χ3v) is 6.39. The van der Waals surface area contributed by atoms with Gasteiger partial charge in [0.15, 0.2) is 0 Å². The SMILES string of the molecule is O=C(Nc1cccc(CN2CCNCC2)c1)N1CC[C@@H]2[C@H]1C(=O)N2S(=O)(=O)O. The number of rotatable bonds is 4. The van der Waals surface area contributed by atoms with Crippen LogP contribution in [0, 0.1) is 0 Å². The van der Waals surface area contributed by atoms with Crippen molar-refractivity contribution in [1.82, 2.24) is 19.4 Å². The van der Waals surface area contributed by atoms with E-state index in [9.17, 15) is 18.0 Å². The first kappa shape index (κ1) is 19.1. The minimum atomic E-state index is -4.58. The highest BCUT2D eigenvalue weighted by atomic mass is 32.2. The molecule has 0 aromatic heterocycles. The van der Waals surface area contributed by atoms with Crippen LogP contribution >= 0.6 is 0 Å². The zero-order valence-corrected chi connectivity index (χ0v) is 16.1. The van der Waals surface area contributed by atoms with Gasteiger partial charge in [0.1, 0.15) is 6.04 Å². The number of anilines is 1. The maximum Gasteiger partial charge on any atom is 0.362 e. The largest absolute Gasteiger partial charge is 0.362 e. The molecule has 28 heavy (non-hydrogen) atoms. The van der Waals surface area contributed by atoms with Gasteiger partial charge in [-0.2, -0.15) is 8.42 Å². The van der Waals surface area contributed by atoms with Crippen LogP contribution in [0.2, 0.25) is 0 Å². The average molecular weight is 409 g/mol. The molecule has 1 aromatic rings. The van der Waals surface area contributed by atoms with E-state index in [1.807, 2.05) is 18.2 Å². The number of benzene rings is 1. The van der Waals surface area contributed by atoms with Crippen LogP contribution in [0.25, 0.3) is 0 Å². The fraction of sp³-hybridized carbons (Fsp3) is 0.529. The number of nitrogens with one attached hydrogen (secondary N) is 2. The number of urea groups is 1. The van der Waals surface area contributed by atoms with Crippen molar-refractivity contribution in [2.24, 2.45) is 0 Å². The predicted octanol–water partition coefficient (Wildman–Crippen LogP) is -0.288. The van der Waals surface area contributed by atoms with E-state index in [-0.39, 0.29) is 6.54 Å². The monoisotopic (exact) mass is 409 g/mol. The van der Waals surface area contributed by atoms with Gasteiger partial charge in [-0.15, -0.1) is 0 Å². The Morgan fingerprint density at radius 2 is 2.00 bits per heavy atom. The van der Waals surface area contributed by atoms with Gasteiger partial charge in [0.25, 0.3) is 5.91 Å². The molecule has 4 rings (SSSR count). The highest BCUT2D eigenvalue weighted by Gasteiger charge is 2.60. The molecule has 3 aliphatic heterocycles. The van der Waals surface area contributed by atoms with Gasteiger partial charge >= 0.3 is 16.3 Å². The molecule has 0 saturated carbocycles. The molecular formula is C17H23N5O5S. The molecule has 3 N–H and O–H groups in total. The highest BCUT2D eigenvalue weighted by Crippen LogP contribution is 2.35. The number of hydrogen-bond acceptors (Lipinski definition) is 6. The minimum absolute atomic E-state index is 0.249. The highest BCUT2D eigenvalue weighted by molar-refractivity contribution is 7.84. The second kappa shape index (κ2) is 7.32. The fourth-order valence-electron chi connectivity index (χ4n) is 4.11. The molecule has 3 fully saturated rings. The van der Waals surface area contributed by atoms with Crippen LogP contribution in [0.15, 0.2) is 24.3 Å². The van der Waals surface area contributed by atoms with Crippen molar-refractivity contribution in [3.05, 3.63) is 29.8 Å². The lowest BCUT2D eigenvalue weighted by atomic mass is 10.0. The Morgan fingerprint density at radius 3 is 2.71 bits per heavy atom. The number of amides is 3. The summed E-state index contributed by atoms with van der Waals surface area (Å²) >= 11 is 0. The van der Waals surface area contributed by atoms with E-state index in [0.717, 1.165) is 38.3 Å². The van der Waals surface area contributed by atoms with E-state index in [4.69, 9.17) is 4.55 Å². The molecular weight excluding hydrogens is 386 g/mol. The third-order valence-electron chi connectivity index (χ3n) is 5.44. The summed E-state index contributed by atoms with van der Waals surface area (Å²) in [6, 6.07) is 5.58. The van der Waals surface area contributed by atoms with Crippen molar-refractivity contribution in [2.75, 3.05) is 38.0 Å². The van der Waals surface area contributed by atoms with Gasteiger partial charge in [-0.3, -0.25) is 14.2 Å². The molecule has 152 valence electrons. The Labute approximate surface area is 163 Å². The number of likely N-dealkylation sites (tertiary alicyclic amines) is 1. The third kappa shape index (κ3) is 3.58. The molecule has 3 saturated heterocycles. The standard InChI is InChI=1S/C17H23N5O5S/c23-16-15-14(22(16)28(25,26)27)4-7-21(15)17(24)19-13-3-1-2-12(10-13)11-20-8-5-18-6-9-20/h1-3,10,14-15,18H,4-9,11H2,(H,19,24)(H,25,26,27)/t14-,15+/m1/s1. The van der Waals surface area contributed by atoms with Crippen molar-refractivity contribution < 1.29 is 22.6 Å². The van der Waals surface area contributed by atoms with Crippen molar-refractivity contribution in [1.29, 1.82) is 0 Å². The summed E-state index contributed by atoms with van der Waals surface area (Å²) in [6.45, 7) is 4.91. The number of carbonyl (C=O) groups is 2. The lowest BCUT2D eigenvalue weighted by Gasteiger charge is -2.42. The average Bonchev–Trinajstić information content (AvgIpc) is 3.00. The summed E-state index contributed by atoms with van der Waals surface area (Å²) in [6.07, 6.45) is 0.312. The van der Waals surface area contributed by atoms with Crippen LogP contribution in [0.1, 0.15) is 12.0 Å². The van der Waals surface area contributed by atoms with E-state index < -0.39 is 34.3 Å². The molecule has 0 bridgehead atoms. The van der Waals surface area contributed by atoms with Crippen molar-refractivity contribution >= 4 is 27.9 Å². The normalized spacial score (nSPS) is 25.4. The second-order valence-electron chi connectivity index (χ2n) is 7.26. The molecule has 0 spiro atoms. The van der Waals surface area contributed by atoms with E-state index in [1.165, 1.54) is 4.90 Å². The van der Waals surface area contributed by atoms with E-state index in [1.54, 1.807) is 6.07 Å². The Morgan fingerprint density at radius 1 is 1.25 bits per heavy atom. The molecule has 0 radical (unpaired) electrons. The summed E-state index contributed by atoms with van der Waals surface area (Å²) in [4.78, 5) is 28.4. The van der Waals surface area contributed by atoms with Crippen LogP contribution in [-0.2, 0) is 21.6 Å². The van der Waals surface area contributed by atoms with Crippen molar-refractivity contribution in [3.8, 4) is 0 Å².